The fraction of sp³-hybridized carbons (Fsp3) is 0.600. The predicted octanol–water partition coefficient (Wildman–Crippen LogP) is -3.97. The van der Waals surface area contributed by atoms with Gasteiger partial charge in [0.05, 0.1) is 12.5 Å². The molecule has 0 saturated carbocycles. The summed E-state index contributed by atoms with van der Waals surface area (Å²) in [5, 5.41) is 24.2. The summed E-state index contributed by atoms with van der Waals surface area (Å²) in [6.45, 7) is 0.802. The Morgan fingerprint density at radius 3 is 2.00 bits per heavy atom. The molecule has 0 saturated heterocycles. The number of nitrogens with zero attached hydrogens (tertiary/aromatic N) is 1. The van der Waals surface area contributed by atoms with E-state index in [0.717, 1.165) is 0 Å². The molecule has 0 rings (SSSR count). The molecule has 3 amide bonds. The Kier molecular flexibility index (Phi) is 11.4. The van der Waals surface area contributed by atoms with Gasteiger partial charge in [-0.05, 0) is 19.8 Å². The van der Waals surface area contributed by atoms with Crippen molar-refractivity contribution in [3.63, 3.8) is 0 Å². The fourth-order valence-corrected chi connectivity index (χ4v) is 2.02. The van der Waals surface area contributed by atoms with Crippen LogP contribution in [0.5, 0.6) is 0 Å². The normalized spacial score (nSPS) is 13.3. The molecule has 14 nitrogen and oxygen atoms in total. The highest BCUT2D eigenvalue weighted by Gasteiger charge is 2.29. The number of hydrogen-bond acceptors (Lipinski definition) is 7. The molecule has 0 aromatic heterocycles. The van der Waals surface area contributed by atoms with Crippen molar-refractivity contribution >= 4 is 35.6 Å². The number of guanidine groups is 1. The minimum Gasteiger partial charge on any atom is -0.481 e. The number of rotatable bonds is 13. The Balaban J connectivity index is 5.23. The van der Waals surface area contributed by atoms with Gasteiger partial charge in [-0.1, -0.05) is 0 Å². The largest absolute Gasteiger partial charge is 0.481 e. The number of carbonyl (C=O) groups is 5. The topological polar surface area (TPSA) is 252 Å². The van der Waals surface area contributed by atoms with Crippen molar-refractivity contribution in [1.82, 2.24) is 16.0 Å². The smallest absolute Gasteiger partial charge is 0.322 e. The molecular formula is C15H27N7O7. The Morgan fingerprint density at radius 2 is 1.52 bits per heavy atom. The zero-order valence-corrected chi connectivity index (χ0v) is 15.9. The highest BCUT2D eigenvalue weighted by molar-refractivity contribution is 5.95. The molecule has 3 atom stereocenters. The van der Waals surface area contributed by atoms with Crippen LogP contribution in [-0.4, -0.2) is 77.0 Å². The first-order chi connectivity index (χ1) is 13.4. The molecule has 3 unspecified atom stereocenters. The number of carboxylic acids is 2. The zero-order valence-electron chi connectivity index (χ0n) is 15.9. The lowest BCUT2D eigenvalue weighted by Gasteiger charge is -2.22. The van der Waals surface area contributed by atoms with E-state index < -0.39 is 60.8 Å². The van der Waals surface area contributed by atoms with Crippen molar-refractivity contribution in [2.75, 3.05) is 13.1 Å². The van der Waals surface area contributed by atoms with Gasteiger partial charge in [0.1, 0.15) is 18.6 Å². The quantitative estimate of drug-likeness (QED) is 0.0819. The van der Waals surface area contributed by atoms with Gasteiger partial charge in [-0.15, -0.1) is 0 Å². The van der Waals surface area contributed by atoms with Crippen LogP contribution < -0.4 is 33.2 Å². The third-order valence-electron chi connectivity index (χ3n) is 3.42. The maximum absolute atomic E-state index is 12.4. The van der Waals surface area contributed by atoms with Gasteiger partial charge in [0.2, 0.25) is 17.7 Å². The van der Waals surface area contributed by atoms with Gasteiger partial charge in [0, 0.05) is 6.54 Å². The van der Waals surface area contributed by atoms with Gasteiger partial charge >= 0.3 is 11.9 Å². The molecule has 0 bridgehead atoms. The third kappa shape index (κ3) is 11.8. The number of nitrogens with two attached hydrogens (primary N) is 3. The van der Waals surface area contributed by atoms with Crippen molar-refractivity contribution in [3.8, 4) is 0 Å². The Hall–Kier alpha value is -3.42. The Bertz CT molecular complexity index is 647. The molecule has 0 heterocycles. The van der Waals surface area contributed by atoms with E-state index in [-0.39, 0.29) is 25.3 Å². The molecule has 0 fully saturated rings. The maximum Gasteiger partial charge on any atom is 0.322 e. The fourth-order valence-electron chi connectivity index (χ4n) is 2.02. The summed E-state index contributed by atoms with van der Waals surface area (Å²) in [5.41, 5.74) is 15.8. The van der Waals surface area contributed by atoms with Crippen LogP contribution in [0.15, 0.2) is 4.99 Å². The van der Waals surface area contributed by atoms with Crippen LogP contribution >= 0.6 is 0 Å². The van der Waals surface area contributed by atoms with Crippen LogP contribution in [0.2, 0.25) is 0 Å². The molecule has 164 valence electrons. The van der Waals surface area contributed by atoms with Gasteiger partial charge in [0.25, 0.3) is 0 Å². The summed E-state index contributed by atoms with van der Waals surface area (Å²) >= 11 is 0. The SMILES string of the molecule is CC(N)C(=O)NC(CC(=O)O)C(=O)NC(CCCN=C(N)N)C(=O)NCC(=O)O. The third-order valence-corrected chi connectivity index (χ3v) is 3.42. The van der Waals surface area contributed by atoms with Gasteiger partial charge < -0.3 is 43.4 Å². The second kappa shape index (κ2) is 12.9. The summed E-state index contributed by atoms with van der Waals surface area (Å²) < 4.78 is 0. The van der Waals surface area contributed by atoms with Crippen LogP contribution in [0, 0.1) is 0 Å². The molecule has 0 aliphatic heterocycles. The van der Waals surface area contributed by atoms with Crippen molar-refractivity contribution in [2.24, 2.45) is 22.2 Å². The first-order valence-corrected chi connectivity index (χ1v) is 8.57. The minimum absolute atomic E-state index is 0.0228. The summed E-state index contributed by atoms with van der Waals surface area (Å²) in [4.78, 5) is 61.7. The summed E-state index contributed by atoms with van der Waals surface area (Å²) in [5.74, 6) is -5.34. The molecule has 29 heavy (non-hydrogen) atoms. The molecular weight excluding hydrogens is 390 g/mol. The van der Waals surface area contributed by atoms with Gasteiger partial charge in [0.15, 0.2) is 5.96 Å². The lowest BCUT2D eigenvalue weighted by molar-refractivity contribution is -0.141. The van der Waals surface area contributed by atoms with E-state index in [1.165, 1.54) is 6.92 Å². The van der Waals surface area contributed by atoms with E-state index in [1.54, 1.807) is 0 Å². The number of aliphatic imine (C=N–C) groups is 1. The molecule has 0 aliphatic rings. The van der Waals surface area contributed by atoms with Gasteiger partial charge in [-0.3, -0.25) is 29.0 Å². The van der Waals surface area contributed by atoms with Crippen molar-refractivity contribution in [2.45, 2.75) is 44.3 Å². The van der Waals surface area contributed by atoms with Crippen LogP contribution in [0.1, 0.15) is 26.2 Å². The van der Waals surface area contributed by atoms with E-state index >= 15 is 0 Å². The highest BCUT2D eigenvalue weighted by atomic mass is 16.4. The van der Waals surface area contributed by atoms with E-state index in [9.17, 15) is 24.0 Å². The lowest BCUT2D eigenvalue weighted by atomic mass is 10.1. The summed E-state index contributed by atoms with van der Waals surface area (Å²) in [6, 6.07) is -3.69. The molecule has 14 heteroatoms. The van der Waals surface area contributed by atoms with E-state index in [1.807, 2.05) is 0 Å². The first kappa shape index (κ1) is 25.6. The van der Waals surface area contributed by atoms with E-state index in [2.05, 4.69) is 20.9 Å². The molecule has 0 aromatic rings. The monoisotopic (exact) mass is 417 g/mol. The van der Waals surface area contributed by atoms with Crippen LogP contribution in [0.25, 0.3) is 0 Å². The van der Waals surface area contributed by atoms with Gasteiger partial charge in [-0.2, -0.15) is 0 Å². The van der Waals surface area contributed by atoms with Crippen LogP contribution in [0.4, 0.5) is 0 Å². The molecule has 0 radical (unpaired) electrons. The van der Waals surface area contributed by atoms with Crippen LogP contribution in [0.3, 0.4) is 0 Å². The highest BCUT2D eigenvalue weighted by Crippen LogP contribution is 2.02. The maximum atomic E-state index is 12.4. The molecule has 11 N–H and O–H groups in total. The lowest BCUT2D eigenvalue weighted by Crippen LogP contribution is -2.56. The number of aliphatic carboxylic acids is 2. The predicted molar refractivity (Wildman–Crippen MR) is 100 cm³/mol. The number of carbonyl (C=O) groups excluding carboxylic acids is 3. The minimum atomic E-state index is -1.49. The van der Waals surface area contributed by atoms with Gasteiger partial charge in [-0.25, -0.2) is 0 Å². The second-order valence-corrected chi connectivity index (χ2v) is 6.07. The Labute approximate surface area is 166 Å². The standard InChI is InChI=1S/C15H27N7O7/c1-7(16)12(27)22-9(5-10(23)24)14(29)21-8(3-2-4-19-15(17)18)13(28)20-6-11(25)26/h7-9H,2-6,16H2,1H3,(H,20,28)(H,21,29)(H,22,27)(H,23,24)(H,25,26)(H4,17,18,19). The first-order valence-electron chi connectivity index (χ1n) is 8.57. The van der Waals surface area contributed by atoms with Crippen molar-refractivity contribution in [3.05, 3.63) is 0 Å². The zero-order chi connectivity index (χ0) is 22.6. The van der Waals surface area contributed by atoms with Crippen molar-refractivity contribution < 1.29 is 34.2 Å². The average molecular weight is 417 g/mol. The van der Waals surface area contributed by atoms with Crippen LogP contribution in [-0.2, 0) is 24.0 Å². The van der Waals surface area contributed by atoms with E-state index in [0.29, 0.717) is 0 Å². The number of hydrogen-bond donors (Lipinski definition) is 8. The molecule has 0 aromatic carbocycles. The number of nitrogens with one attached hydrogen (secondary N) is 3. The Morgan fingerprint density at radius 1 is 0.931 bits per heavy atom. The summed E-state index contributed by atoms with van der Waals surface area (Å²) in [6.07, 6.45) is -0.476. The van der Waals surface area contributed by atoms with Crippen molar-refractivity contribution in [1.29, 1.82) is 0 Å². The molecule has 0 spiro atoms. The second-order valence-electron chi connectivity index (χ2n) is 6.07. The number of carboxylic acid groups (broad SMARTS) is 2. The average Bonchev–Trinajstić information content (AvgIpc) is 2.60. The molecule has 0 aliphatic carbocycles. The summed E-state index contributed by atoms with van der Waals surface area (Å²) in [7, 11) is 0. The van der Waals surface area contributed by atoms with E-state index in [4.69, 9.17) is 27.4 Å². The number of amides is 3.